The van der Waals surface area contributed by atoms with Crippen LogP contribution in [0, 0.1) is 0 Å². The molecule has 0 saturated carbocycles. The topological polar surface area (TPSA) is 0 Å². The summed E-state index contributed by atoms with van der Waals surface area (Å²) in [4.78, 5) is 0. The van der Waals surface area contributed by atoms with Crippen LogP contribution in [0.4, 0.5) is 0 Å². The van der Waals surface area contributed by atoms with Crippen LogP contribution >= 0.6 is 38.9 Å². The normalized spacial score (nSPS) is 17.2. The van der Waals surface area contributed by atoms with Gasteiger partial charge in [-0.1, -0.05) is 94.3 Å². The second-order valence-corrected chi connectivity index (χ2v) is 11.5. The SMILES string of the molecule is Clc1ccc2c(c1)C1(c3ccccc3-c3c(Br)cccc31)c1ccc3sc4ccccc4c3c1-2. The fraction of sp³-hybridized carbons (Fsp3) is 0.0323. The first-order chi connectivity index (χ1) is 16.7. The third-order valence-electron chi connectivity index (χ3n) is 7.62. The molecule has 2 aliphatic carbocycles. The van der Waals surface area contributed by atoms with Crippen molar-refractivity contribution < 1.29 is 0 Å². The van der Waals surface area contributed by atoms with Crippen LogP contribution in [0.1, 0.15) is 22.3 Å². The van der Waals surface area contributed by atoms with Gasteiger partial charge in [0.1, 0.15) is 0 Å². The second kappa shape index (κ2) is 6.60. The first-order valence-corrected chi connectivity index (χ1v) is 13.3. The molecular formula is C31H16BrClS. The quantitative estimate of drug-likeness (QED) is 0.181. The fourth-order valence-electron chi connectivity index (χ4n) is 6.46. The minimum absolute atomic E-state index is 0.386. The third-order valence-corrected chi connectivity index (χ3v) is 9.65. The van der Waals surface area contributed by atoms with Crippen LogP contribution < -0.4 is 0 Å². The Morgan fingerprint density at radius 2 is 1.38 bits per heavy atom. The van der Waals surface area contributed by atoms with Crippen molar-refractivity contribution in [3.8, 4) is 22.3 Å². The molecule has 1 aromatic heterocycles. The lowest BCUT2D eigenvalue weighted by Gasteiger charge is -2.30. The van der Waals surface area contributed by atoms with E-state index in [0.717, 1.165) is 9.50 Å². The van der Waals surface area contributed by atoms with Gasteiger partial charge in [0, 0.05) is 35.2 Å². The predicted octanol–water partition coefficient (Wildman–Crippen LogP) is 9.81. The van der Waals surface area contributed by atoms with Crippen LogP contribution in [-0.4, -0.2) is 0 Å². The summed E-state index contributed by atoms with van der Waals surface area (Å²) in [6.07, 6.45) is 0. The molecule has 1 atom stereocenters. The predicted molar refractivity (Wildman–Crippen MR) is 148 cm³/mol. The van der Waals surface area contributed by atoms with Gasteiger partial charge in [0.05, 0.1) is 5.41 Å². The Kier molecular flexibility index (Phi) is 3.77. The fourth-order valence-corrected chi connectivity index (χ4v) is 8.33. The average molecular weight is 536 g/mol. The lowest BCUT2D eigenvalue weighted by molar-refractivity contribution is 0.794. The highest BCUT2D eigenvalue weighted by Gasteiger charge is 2.52. The van der Waals surface area contributed by atoms with Crippen molar-refractivity contribution in [2.45, 2.75) is 5.41 Å². The summed E-state index contributed by atoms with van der Waals surface area (Å²) >= 11 is 12.5. The molecule has 0 radical (unpaired) electrons. The molecular weight excluding hydrogens is 520 g/mol. The van der Waals surface area contributed by atoms with E-state index in [1.807, 2.05) is 17.4 Å². The standard InChI is InChI=1S/C31H16BrClS/c32-25-10-5-9-22-28(25)18-6-1-3-8-21(18)31(22)23-14-15-27-30(20-7-2-4-11-26(20)34-27)29(23)19-13-12-17(33)16-24(19)31/h1-16H. The van der Waals surface area contributed by atoms with Gasteiger partial charge in [0.15, 0.2) is 0 Å². The van der Waals surface area contributed by atoms with Gasteiger partial charge < -0.3 is 0 Å². The van der Waals surface area contributed by atoms with Crippen molar-refractivity contribution in [3.63, 3.8) is 0 Å². The number of halogens is 2. The van der Waals surface area contributed by atoms with E-state index in [2.05, 4.69) is 107 Å². The highest BCUT2D eigenvalue weighted by molar-refractivity contribution is 9.10. The van der Waals surface area contributed by atoms with E-state index in [-0.39, 0.29) is 5.41 Å². The molecule has 0 N–H and O–H groups in total. The summed E-state index contributed by atoms with van der Waals surface area (Å²) in [5, 5.41) is 3.47. The summed E-state index contributed by atoms with van der Waals surface area (Å²) in [6, 6.07) is 35.4. The van der Waals surface area contributed by atoms with Crippen LogP contribution in [0.5, 0.6) is 0 Å². The first kappa shape index (κ1) is 19.4. The monoisotopic (exact) mass is 534 g/mol. The van der Waals surface area contributed by atoms with Gasteiger partial charge in [-0.3, -0.25) is 0 Å². The summed E-state index contributed by atoms with van der Waals surface area (Å²) < 4.78 is 3.80. The van der Waals surface area contributed by atoms with E-state index in [1.165, 1.54) is 64.7 Å². The Morgan fingerprint density at radius 1 is 0.618 bits per heavy atom. The maximum atomic E-state index is 6.70. The third kappa shape index (κ3) is 2.16. The lowest BCUT2D eigenvalue weighted by Crippen LogP contribution is -2.25. The Hall–Kier alpha value is -2.91. The van der Waals surface area contributed by atoms with Gasteiger partial charge in [0.2, 0.25) is 0 Å². The molecule has 1 unspecified atom stereocenters. The zero-order valence-corrected chi connectivity index (χ0v) is 21.1. The van der Waals surface area contributed by atoms with Gasteiger partial charge in [-0.2, -0.15) is 0 Å². The Bertz CT molecular complexity index is 1850. The summed E-state index contributed by atoms with van der Waals surface area (Å²) in [7, 11) is 0. The molecule has 1 heterocycles. The van der Waals surface area contributed by atoms with Gasteiger partial charge >= 0.3 is 0 Å². The van der Waals surface area contributed by atoms with E-state index >= 15 is 0 Å². The molecule has 0 bridgehead atoms. The Balaban J connectivity index is 1.65. The zero-order valence-electron chi connectivity index (χ0n) is 17.9. The first-order valence-electron chi connectivity index (χ1n) is 11.3. The number of hydrogen-bond donors (Lipinski definition) is 0. The maximum absolute atomic E-state index is 6.70. The second-order valence-electron chi connectivity index (χ2n) is 9.11. The molecule has 2 aliphatic rings. The number of fused-ring (bicyclic) bond motifs is 14. The van der Waals surface area contributed by atoms with Crippen molar-refractivity contribution in [2.75, 3.05) is 0 Å². The molecule has 6 aromatic rings. The molecule has 0 amide bonds. The number of benzene rings is 5. The van der Waals surface area contributed by atoms with E-state index in [1.54, 1.807) is 0 Å². The Morgan fingerprint density at radius 3 is 2.32 bits per heavy atom. The maximum Gasteiger partial charge on any atom is 0.0726 e. The lowest BCUT2D eigenvalue weighted by atomic mass is 9.70. The number of hydrogen-bond acceptors (Lipinski definition) is 1. The average Bonchev–Trinajstić information content (AvgIpc) is 3.47. The van der Waals surface area contributed by atoms with E-state index < -0.39 is 0 Å². The van der Waals surface area contributed by atoms with E-state index in [0.29, 0.717) is 0 Å². The summed E-state index contributed by atoms with van der Waals surface area (Å²) in [5.41, 5.74) is 10.1. The largest absolute Gasteiger partial charge is 0.135 e. The molecule has 0 aliphatic heterocycles. The molecule has 1 spiro atoms. The summed E-state index contributed by atoms with van der Waals surface area (Å²) in [5.74, 6) is 0. The molecule has 3 heteroatoms. The molecule has 0 nitrogen and oxygen atoms in total. The van der Waals surface area contributed by atoms with Crippen LogP contribution in [0.2, 0.25) is 5.02 Å². The van der Waals surface area contributed by atoms with Crippen molar-refractivity contribution in [1.82, 2.24) is 0 Å². The molecule has 160 valence electrons. The molecule has 5 aromatic carbocycles. The van der Waals surface area contributed by atoms with Crippen LogP contribution in [0.25, 0.3) is 42.4 Å². The van der Waals surface area contributed by atoms with E-state index in [9.17, 15) is 0 Å². The number of rotatable bonds is 0. The van der Waals surface area contributed by atoms with Crippen LogP contribution in [-0.2, 0) is 5.41 Å². The summed E-state index contributed by atoms with van der Waals surface area (Å²) in [6.45, 7) is 0. The van der Waals surface area contributed by atoms with Gasteiger partial charge in [-0.05, 0) is 69.3 Å². The van der Waals surface area contributed by atoms with Crippen molar-refractivity contribution in [3.05, 3.63) is 129 Å². The Labute approximate surface area is 214 Å². The van der Waals surface area contributed by atoms with Gasteiger partial charge in [-0.25, -0.2) is 0 Å². The molecule has 0 fully saturated rings. The highest BCUT2D eigenvalue weighted by atomic mass is 79.9. The highest BCUT2D eigenvalue weighted by Crippen LogP contribution is 2.65. The van der Waals surface area contributed by atoms with Crippen molar-refractivity contribution in [1.29, 1.82) is 0 Å². The van der Waals surface area contributed by atoms with Gasteiger partial charge in [0.25, 0.3) is 0 Å². The zero-order chi connectivity index (χ0) is 22.6. The minimum atomic E-state index is -0.386. The van der Waals surface area contributed by atoms with Crippen LogP contribution in [0.3, 0.4) is 0 Å². The minimum Gasteiger partial charge on any atom is -0.135 e. The molecule has 0 saturated heterocycles. The van der Waals surface area contributed by atoms with Crippen molar-refractivity contribution in [2.24, 2.45) is 0 Å². The number of thiophene rings is 1. The smallest absolute Gasteiger partial charge is 0.0726 e. The van der Waals surface area contributed by atoms with E-state index in [4.69, 9.17) is 11.6 Å². The van der Waals surface area contributed by atoms with Gasteiger partial charge in [-0.15, -0.1) is 11.3 Å². The van der Waals surface area contributed by atoms with Crippen molar-refractivity contribution >= 4 is 59.0 Å². The molecule has 34 heavy (non-hydrogen) atoms. The van der Waals surface area contributed by atoms with Crippen LogP contribution in [0.15, 0.2) is 102 Å². The molecule has 8 rings (SSSR count).